The molecule has 2 rings (SSSR count). The molecule has 2 aromatic rings. The van der Waals surface area contributed by atoms with Crippen molar-refractivity contribution in [1.82, 2.24) is 0 Å². The summed E-state index contributed by atoms with van der Waals surface area (Å²) in [5.74, 6) is -0.291. The van der Waals surface area contributed by atoms with Gasteiger partial charge in [-0.25, -0.2) is 4.39 Å². The van der Waals surface area contributed by atoms with Crippen LogP contribution in [0, 0.1) is 12.7 Å². The Labute approximate surface area is 113 Å². The number of aliphatic imine (C=N–C) groups is 1. The number of hydrogen-bond acceptors (Lipinski definition) is 2. The van der Waals surface area contributed by atoms with E-state index >= 15 is 0 Å². The number of halogens is 2. The Balaban J connectivity index is 2.38. The van der Waals surface area contributed by atoms with Gasteiger partial charge in [0.05, 0.1) is 10.2 Å². The van der Waals surface area contributed by atoms with E-state index in [1.807, 2.05) is 6.92 Å². The highest BCUT2D eigenvalue weighted by Gasteiger charge is 2.05. The maximum atomic E-state index is 13.4. The Bertz CT molecular complexity index is 611. The zero-order valence-electron chi connectivity index (χ0n) is 9.69. The van der Waals surface area contributed by atoms with Crippen LogP contribution in [-0.2, 0) is 0 Å². The number of para-hydroxylation sites is 1. The van der Waals surface area contributed by atoms with Crippen LogP contribution in [0.15, 0.2) is 45.9 Å². The first-order chi connectivity index (χ1) is 8.58. The average molecular weight is 308 g/mol. The standard InChI is InChI=1S/C14H11BrFNO/c1-9-6-10(14(18)11(15)7-9)8-17-13-5-3-2-4-12(13)16/h2-8,18H,1H3. The zero-order valence-corrected chi connectivity index (χ0v) is 11.3. The second-order valence-corrected chi connectivity index (χ2v) is 4.75. The second-order valence-electron chi connectivity index (χ2n) is 3.89. The van der Waals surface area contributed by atoms with Crippen LogP contribution in [0.25, 0.3) is 0 Å². The van der Waals surface area contributed by atoms with Gasteiger partial charge in [-0.15, -0.1) is 0 Å². The molecule has 18 heavy (non-hydrogen) atoms. The largest absolute Gasteiger partial charge is 0.506 e. The number of aromatic hydroxyl groups is 1. The van der Waals surface area contributed by atoms with Crippen molar-refractivity contribution in [3.05, 3.63) is 57.8 Å². The van der Waals surface area contributed by atoms with Crippen molar-refractivity contribution < 1.29 is 9.50 Å². The molecule has 0 fully saturated rings. The van der Waals surface area contributed by atoms with Crippen LogP contribution in [0.3, 0.4) is 0 Å². The number of aryl methyl sites for hydroxylation is 1. The summed E-state index contributed by atoms with van der Waals surface area (Å²) in [6.45, 7) is 1.91. The van der Waals surface area contributed by atoms with E-state index in [0.717, 1.165) is 5.56 Å². The van der Waals surface area contributed by atoms with E-state index in [2.05, 4.69) is 20.9 Å². The van der Waals surface area contributed by atoms with E-state index in [1.54, 1.807) is 30.3 Å². The molecule has 0 spiro atoms. The smallest absolute Gasteiger partial charge is 0.148 e. The lowest BCUT2D eigenvalue weighted by Crippen LogP contribution is -1.86. The van der Waals surface area contributed by atoms with Gasteiger partial charge in [-0.2, -0.15) is 0 Å². The highest BCUT2D eigenvalue weighted by Crippen LogP contribution is 2.28. The minimum Gasteiger partial charge on any atom is -0.506 e. The molecule has 0 amide bonds. The SMILES string of the molecule is Cc1cc(Br)c(O)c(C=Nc2ccccc2F)c1. The van der Waals surface area contributed by atoms with Gasteiger partial charge in [-0.3, -0.25) is 4.99 Å². The molecule has 1 N–H and O–H groups in total. The molecule has 4 heteroatoms. The summed E-state index contributed by atoms with van der Waals surface area (Å²) in [4.78, 5) is 4.04. The quantitative estimate of drug-likeness (QED) is 0.822. The van der Waals surface area contributed by atoms with Crippen molar-refractivity contribution in [2.75, 3.05) is 0 Å². The van der Waals surface area contributed by atoms with Crippen molar-refractivity contribution in [2.45, 2.75) is 6.92 Å². The summed E-state index contributed by atoms with van der Waals surface area (Å²) in [5, 5.41) is 9.84. The number of hydrogen-bond donors (Lipinski definition) is 1. The molecular formula is C14H11BrFNO. The zero-order chi connectivity index (χ0) is 13.1. The lowest BCUT2D eigenvalue weighted by Gasteiger charge is -2.03. The fourth-order valence-corrected chi connectivity index (χ4v) is 2.15. The van der Waals surface area contributed by atoms with E-state index in [-0.39, 0.29) is 17.3 Å². The van der Waals surface area contributed by atoms with Crippen LogP contribution >= 0.6 is 15.9 Å². The Morgan fingerprint density at radius 2 is 2.00 bits per heavy atom. The molecule has 0 atom stereocenters. The number of benzene rings is 2. The summed E-state index contributed by atoms with van der Waals surface area (Å²) in [6.07, 6.45) is 1.45. The first-order valence-corrected chi connectivity index (χ1v) is 6.15. The molecule has 0 radical (unpaired) electrons. The van der Waals surface area contributed by atoms with Gasteiger partial charge < -0.3 is 5.11 Å². The summed E-state index contributed by atoms with van der Waals surface area (Å²) >= 11 is 3.25. The Morgan fingerprint density at radius 1 is 1.28 bits per heavy atom. The molecule has 0 saturated carbocycles. The Kier molecular flexibility index (Phi) is 3.77. The monoisotopic (exact) mass is 307 g/mol. The Morgan fingerprint density at radius 3 is 2.72 bits per heavy atom. The molecule has 92 valence electrons. The third-order valence-corrected chi connectivity index (χ3v) is 3.04. The molecule has 0 aliphatic rings. The molecule has 0 aliphatic heterocycles. The van der Waals surface area contributed by atoms with Gasteiger partial charge in [0.1, 0.15) is 11.6 Å². The van der Waals surface area contributed by atoms with Crippen LogP contribution < -0.4 is 0 Å². The topological polar surface area (TPSA) is 32.6 Å². The average Bonchev–Trinajstić information content (AvgIpc) is 2.33. The van der Waals surface area contributed by atoms with E-state index in [4.69, 9.17) is 0 Å². The lowest BCUT2D eigenvalue weighted by atomic mass is 10.1. The third-order valence-electron chi connectivity index (χ3n) is 2.43. The summed E-state index contributed by atoms with van der Waals surface area (Å²) < 4.78 is 14.0. The second kappa shape index (κ2) is 5.31. The molecule has 2 aromatic carbocycles. The maximum Gasteiger partial charge on any atom is 0.148 e. The first-order valence-electron chi connectivity index (χ1n) is 5.35. The van der Waals surface area contributed by atoms with Crippen LogP contribution in [0.1, 0.15) is 11.1 Å². The predicted octanol–water partition coefficient (Wildman–Crippen LogP) is 4.35. The molecule has 0 saturated heterocycles. The van der Waals surface area contributed by atoms with Crippen LogP contribution in [-0.4, -0.2) is 11.3 Å². The molecule has 0 aliphatic carbocycles. The molecule has 0 bridgehead atoms. The van der Waals surface area contributed by atoms with Gasteiger partial charge in [0.25, 0.3) is 0 Å². The van der Waals surface area contributed by atoms with Gasteiger partial charge >= 0.3 is 0 Å². The maximum absolute atomic E-state index is 13.4. The van der Waals surface area contributed by atoms with Gasteiger partial charge in [0.2, 0.25) is 0 Å². The van der Waals surface area contributed by atoms with Crippen molar-refractivity contribution in [1.29, 1.82) is 0 Å². The minimum atomic E-state index is -0.389. The molecule has 0 aromatic heterocycles. The van der Waals surface area contributed by atoms with E-state index in [0.29, 0.717) is 10.0 Å². The highest BCUT2D eigenvalue weighted by molar-refractivity contribution is 9.10. The van der Waals surface area contributed by atoms with Gasteiger partial charge in [-0.1, -0.05) is 12.1 Å². The number of nitrogens with zero attached hydrogens (tertiary/aromatic N) is 1. The van der Waals surface area contributed by atoms with Crippen molar-refractivity contribution in [2.24, 2.45) is 4.99 Å². The van der Waals surface area contributed by atoms with Crippen molar-refractivity contribution in [3.63, 3.8) is 0 Å². The van der Waals surface area contributed by atoms with Crippen LogP contribution in [0.5, 0.6) is 5.75 Å². The molecule has 0 heterocycles. The van der Waals surface area contributed by atoms with Gasteiger partial charge in [0.15, 0.2) is 0 Å². The fourth-order valence-electron chi connectivity index (χ4n) is 1.56. The summed E-state index contributed by atoms with van der Waals surface area (Å²) in [5.41, 5.74) is 1.77. The first kappa shape index (κ1) is 12.8. The normalized spacial score (nSPS) is 11.1. The van der Waals surface area contributed by atoms with Gasteiger partial charge in [0, 0.05) is 11.8 Å². The number of phenols is 1. The van der Waals surface area contributed by atoms with E-state index in [9.17, 15) is 9.50 Å². The lowest BCUT2D eigenvalue weighted by molar-refractivity contribution is 0.471. The van der Waals surface area contributed by atoms with E-state index in [1.165, 1.54) is 12.3 Å². The predicted molar refractivity (Wildman–Crippen MR) is 74.2 cm³/mol. The minimum absolute atomic E-state index is 0.0979. The van der Waals surface area contributed by atoms with Crippen molar-refractivity contribution in [3.8, 4) is 5.75 Å². The summed E-state index contributed by atoms with van der Waals surface area (Å²) in [7, 11) is 0. The molecule has 2 nitrogen and oxygen atoms in total. The highest BCUT2D eigenvalue weighted by atomic mass is 79.9. The third kappa shape index (κ3) is 2.76. The van der Waals surface area contributed by atoms with Crippen molar-refractivity contribution >= 4 is 27.8 Å². The molecule has 0 unspecified atom stereocenters. The summed E-state index contributed by atoms with van der Waals surface area (Å²) in [6, 6.07) is 9.82. The van der Waals surface area contributed by atoms with Crippen LogP contribution in [0.2, 0.25) is 0 Å². The van der Waals surface area contributed by atoms with Gasteiger partial charge in [-0.05, 0) is 52.7 Å². The molecular weight excluding hydrogens is 297 g/mol. The van der Waals surface area contributed by atoms with E-state index < -0.39 is 0 Å². The Hall–Kier alpha value is -1.68. The number of rotatable bonds is 2. The van der Waals surface area contributed by atoms with Crippen LogP contribution in [0.4, 0.5) is 10.1 Å². The number of phenolic OH excluding ortho intramolecular Hbond substituents is 1. The fraction of sp³-hybridized carbons (Fsp3) is 0.0714.